The van der Waals surface area contributed by atoms with Crippen LogP contribution in [-0.4, -0.2) is 31.0 Å². The van der Waals surface area contributed by atoms with E-state index in [1.807, 2.05) is 0 Å². The van der Waals surface area contributed by atoms with Gasteiger partial charge in [0.2, 0.25) is 0 Å². The van der Waals surface area contributed by atoms with Gasteiger partial charge < -0.3 is 4.74 Å². The van der Waals surface area contributed by atoms with E-state index in [-0.39, 0.29) is 18.3 Å². The number of esters is 1. The number of hydrogen-bond acceptors (Lipinski definition) is 3. The number of hydrogen-bond donors (Lipinski definition) is 1. The van der Waals surface area contributed by atoms with Gasteiger partial charge in [0.15, 0.2) is 0 Å². The number of ether oxygens (including phenoxy) is 1. The summed E-state index contributed by atoms with van der Waals surface area (Å²) in [5.74, 6) is -3.42. The third-order valence-corrected chi connectivity index (χ3v) is 2.75. The molecule has 0 aromatic heterocycles. The van der Waals surface area contributed by atoms with Crippen LogP contribution in [0.1, 0.15) is 25.7 Å². The number of carbonyl (C=O) groups excluding carboxylic acids is 1. The molecule has 0 aliphatic heterocycles. The predicted octanol–water partition coefficient (Wildman–Crippen LogP) is 2.14. The van der Waals surface area contributed by atoms with Crippen LogP contribution in [0.5, 0.6) is 0 Å². The Morgan fingerprint density at radius 1 is 1.62 bits per heavy atom. The smallest absolute Gasteiger partial charge is 0.323 e. The molecule has 0 spiro atoms. The summed E-state index contributed by atoms with van der Waals surface area (Å²) in [6, 6.07) is -1.09. The average molecular weight is 256 g/mol. The molecule has 0 amide bonds. The second-order valence-corrected chi connectivity index (χ2v) is 4.39. The third-order valence-electron chi connectivity index (χ3n) is 2.60. The van der Waals surface area contributed by atoms with E-state index in [1.165, 1.54) is 7.11 Å². The van der Waals surface area contributed by atoms with Gasteiger partial charge in [-0.3, -0.25) is 10.1 Å². The normalized spacial score (nSPS) is 18.2. The Labute approximate surface area is 98.5 Å². The van der Waals surface area contributed by atoms with E-state index in [0.29, 0.717) is 0 Å². The minimum Gasteiger partial charge on any atom is -0.468 e. The van der Waals surface area contributed by atoms with Gasteiger partial charge in [0, 0.05) is 12.8 Å². The molecule has 1 N–H and O–H groups in total. The maximum Gasteiger partial charge on any atom is 0.323 e. The van der Waals surface area contributed by atoms with Gasteiger partial charge in [0.05, 0.1) is 13.1 Å². The SMILES string of the molecule is COC(=O)[C@H](CC(F)(F)CC1CC1)NCCl. The van der Waals surface area contributed by atoms with Crippen LogP contribution in [0, 0.1) is 5.92 Å². The molecular weight excluding hydrogens is 240 g/mol. The molecule has 94 valence electrons. The van der Waals surface area contributed by atoms with Crippen molar-refractivity contribution >= 4 is 17.6 Å². The Kier molecular flexibility index (Phi) is 4.92. The van der Waals surface area contributed by atoms with Crippen LogP contribution >= 0.6 is 11.6 Å². The Bertz CT molecular complexity index is 247. The second kappa shape index (κ2) is 5.77. The lowest BCUT2D eigenvalue weighted by Crippen LogP contribution is -2.41. The lowest BCUT2D eigenvalue weighted by Gasteiger charge is -2.21. The van der Waals surface area contributed by atoms with Gasteiger partial charge in [-0.25, -0.2) is 8.78 Å². The summed E-state index contributed by atoms with van der Waals surface area (Å²) in [5, 5.41) is 2.49. The number of carbonyl (C=O) groups is 1. The molecule has 0 bridgehead atoms. The van der Waals surface area contributed by atoms with Crippen molar-refractivity contribution in [1.82, 2.24) is 5.32 Å². The molecule has 0 saturated heterocycles. The monoisotopic (exact) mass is 255 g/mol. The molecule has 0 radical (unpaired) electrons. The van der Waals surface area contributed by atoms with E-state index < -0.39 is 24.4 Å². The molecule has 1 rings (SSSR count). The summed E-state index contributed by atoms with van der Waals surface area (Å²) in [6.07, 6.45) is 1.02. The van der Waals surface area contributed by atoms with Gasteiger partial charge in [0.1, 0.15) is 6.04 Å². The van der Waals surface area contributed by atoms with E-state index in [2.05, 4.69) is 10.1 Å². The summed E-state index contributed by atoms with van der Waals surface area (Å²) < 4.78 is 31.4. The molecule has 1 fully saturated rings. The molecule has 1 saturated carbocycles. The lowest BCUT2D eigenvalue weighted by atomic mass is 10.0. The van der Waals surface area contributed by atoms with E-state index in [0.717, 1.165) is 12.8 Å². The predicted molar refractivity (Wildman–Crippen MR) is 56.6 cm³/mol. The van der Waals surface area contributed by atoms with Crippen LogP contribution in [-0.2, 0) is 9.53 Å². The van der Waals surface area contributed by atoms with E-state index in [4.69, 9.17) is 11.6 Å². The maximum absolute atomic E-state index is 13.5. The fourth-order valence-corrected chi connectivity index (χ4v) is 1.79. The molecule has 16 heavy (non-hydrogen) atoms. The summed E-state index contributed by atoms with van der Waals surface area (Å²) in [7, 11) is 1.17. The fraction of sp³-hybridized carbons (Fsp3) is 0.900. The topological polar surface area (TPSA) is 38.3 Å². The van der Waals surface area contributed by atoms with Crippen LogP contribution in [0.15, 0.2) is 0 Å². The zero-order valence-corrected chi connectivity index (χ0v) is 9.90. The van der Waals surface area contributed by atoms with Gasteiger partial charge in [0.25, 0.3) is 5.92 Å². The van der Waals surface area contributed by atoms with Crippen molar-refractivity contribution in [2.75, 3.05) is 13.1 Å². The molecule has 0 aromatic carbocycles. The lowest BCUT2D eigenvalue weighted by molar-refractivity contribution is -0.146. The molecule has 1 aliphatic carbocycles. The van der Waals surface area contributed by atoms with Gasteiger partial charge in [-0.05, 0) is 18.8 Å². The molecule has 1 aliphatic rings. The Hall–Kier alpha value is -0.420. The highest BCUT2D eigenvalue weighted by atomic mass is 35.5. The van der Waals surface area contributed by atoms with Crippen molar-refractivity contribution in [3.63, 3.8) is 0 Å². The number of rotatable bonds is 7. The fourth-order valence-electron chi connectivity index (χ4n) is 1.60. The Morgan fingerprint density at radius 3 is 2.69 bits per heavy atom. The van der Waals surface area contributed by atoms with E-state index in [9.17, 15) is 13.6 Å². The first kappa shape index (κ1) is 13.6. The maximum atomic E-state index is 13.5. The average Bonchev–Trinajstić information content (AvgIpc) is 2.98. The summed E-state index contributed by atoms with van der Waals surface area (Å²) >= 11 is 5.38. The minimum absolute atomic E-state index is 0.0563. The summed E-state index contributed by atoms with van der Waals surface area (Å²) in [4.78, 5) is 11.2. The molecule has 0 heterocycles. The van der Waals surface area contributed by atoms with Gasteiger partial charge in [-0.1, -0.05) is 0 Å². The first-order chi connectivity index (χ1) is 7.48. The van der Waals surface area contributed by atoms with Gasteiger partial charge >= 0.3 is 5.97 Å². The van der Waals surface area contributed by atoms with Crippen molar-refractivity contribution in [2.24, 2.45) is 5.92 Å². The zero-order chi connectivity index (χ0) is 12.2. The van der Waals surface area contributed by atoms with Crippen LogP contribution < -0.4 is 5.32 Å². The highest BCUT2D eigenvalue weighted by Crippen LogP contribution is 2.40. The van der Waals surface area contributed by atoms with Crippen molar-refractivity contribution < 1.29 is 18.3 Å². The molecule has 1 atom stereocenters. The van der Waals surface area contributed by atoms with E-state index >= 15 is 0 Å². The van der Waals surface area contributed by atoms with Crippen LogP contribution in [0.4, 0.5) is 8.78 Å². The highest BCUT2D eigenvalue weighted by Gasteiger charge is 2.40. The number of nitrogens with one attached hydrogen (secondary N) is 1. The van der Waals surface area contributed by atoms with Crippen molar-refractivity contribution in [3.05, 3.63) is 0 Å². The standard InChI is InChI=1S/C10H16ClF2NO2/c1-16-9(15)8(14-6-11)5-10(12,13)4-7-2-3-7/h7-8,14H,2-6H2,1H3/t8-/m0/s1. The largest absolute Gasteiger partial charge is 0.468 e. The zero-order valence-electron chi connectivity index (χ0n) is 9.14. The Morgan fingerprint density at radius 2 is 2.25 bits per heavy atom. The second-order valence-electron chi connectivity index (χ2n) is 4.12. The van der Waals surface area contributed by atoms with Gasteiger partial charge in [-0.2, -0.15) is 0 Å². The van der Waals surface area contributed by atoms with Crippen LogP contribution in [0.3, 0.4) is 0 Å². The molecule has 0 aromatic rings. The first-order valence-electron chi connectivity index (χ1n) is 5.23. The van der Waals surface area contributed by atoms with Crippen LogP contribution in [0.2, 0.25) is 0 Å². The van der Waals surface area contributed by atoms with E-state index in [1.54, 1.807) is 0 Å². The first-order valence-corrected chi connectivity index (χ1v) is 5.77. The highest BCUT2D eigenvalue weighted by molar-refractivity contribution is 6.17. The summed E-state index contributed by atoms with van der Waals surface area (Å²) in [6.45, 7) is 0. The molecular formula is C10H16ClF2NO2. The van der Waals surface area contributed by atoms with Crippen molar-refractivity contribution in [3.8, 4) is 0 Å². The van der Waals surface area contributed by atoms with Crippen molar-refractivity contribution in [2.45, 2.75) is 37.6 Å². The Balaban J connectivity index is 2.47. The van der Waals surface area contributed by atoms with Crippen molar-refractivity contribution in [1.29, 1.82) is 0 Å². The third kappa shape index (κ3) is 4.61. The minimum atomic E-state index is -2.83. The van der Waals surface area contributed by atoms with Gasteiger partial charge in [-0.15, -0.1) is 11.6 Å². The summed E-state index contributed by atoms with van der Waals surface area (Å²) in [5.41, 5.74) is 0. The number of methoxy groups -OCH3 is 1. The molecule has 6 heteroatoms. The number of alkyl halides is 3. The molecule has 0 unspecified atom stereocenters. The molecule has 3 nitrogen and oxygen atoms in total. The van der Waals surface area contributed by atoms with Crippen LogP contribution in [0.25, 0.3) is 0 Å². The quantitative estimate of drug-likeness (QED) is 0.430. The number of halogens is 3.